The van der Waals surface area contributed by atoms with Crippen LogP contribution in [0.5, 0.6) is 0 Å². The second-order valence-corrected chi connectivity index (χ2v) is 4.72. The van der Waals surface area contributed by atoms with Crippen LogP contribution in [0.15, 0.2) is 35.9 Å². The molecule has 0 saturated carbocycles. The van der Waals surface area contributed by atoms with Gasteiger partial charge in [-0.25, -0.2) is 4.79 Å². The monoisotopic (exact) mass is 274 g/mol. The standard InChI is InChI=1S/C17H22O3/c1-3-4-5-9-12-20-17(19)16(14(2)18)13-15-10-7-6-8-11-15/h6-8,10-11,13H,3-5,9,12H2,1-2H3. The fraction of sp³-hybridized carbons (Fsp3) is 0.412. The molecule has 0 spiro atoms. The molecule has 108 valence electrons. The molecule has 0 fully saturated rings. The van der Waals surface area contributed by atoms with Gasteiger partial charge in [-0.05, 0) is 25.0 Å². The van der Waals surface area contributed by atoms with E-state index in [2.05, 4.69) is 6.92 Å². The van der Waals surface area contributed by atoms with Gasteiger partial charge in [-0.2, -0.15) is 0 Å². The van der Waals surface area contributed by atoms with Gasteiger partial charge < -0.3 is 4.74 Å². The zero-order valence-corrected chi connectivity index (χ0v) is 12.2. The normalized spacial score (nSPS) is 11.2. The third-order valence-electron chi connectivity index (χ3n) is 2.94. The Morgan fingerprint density at radius 1 is 1.10 bits per heavy atom. The van der Waals surface area contributed by atoms with Crippen LogP contribution in [0, 0.1) is 0 Å². The lowest BCUT2D eigenvalue weighted by Gasteiger charge is -2.06. The van der Waals surface area contributed by atoms with Crippen LogP contribution < -0.4 is 0 Å². The largest absolute Gasteiger partial charge is 0.462 e. The minimum Gasteiger partial charge on any atom is -0.462 e. The molecule has 0 aliphatic heterocycles. The molecule has 0 amide bonds. The van der Waals surface area contributed by atoms with Crippen molar-refractivity contribution in [3.63, 3.8) is 0 Å². The number of hydrogen-bond acceptors (Lipinski definition) is 3. The maximum atomic E-state index is 11.9. The number of hydrogen-bond donors (Lipinski definition) is 0. The van der Waals surface area contributed by atoms with Crippen LogP contribution in [0.1, 0.15) is 45.1 Å². The van der Waals surface area contributed by atoms with Gasteiger partial charge in [0.2, 0.25) is 0 Å². The number of benzene rings is 1. The van der Waals surface area contributed by atoms with Gasteiger partial charge in [0, 0.05) is 0 Å². The van der Waals surface area contributed by atoms with Crippen LogP contribution in [0.3, 0.4) is 0 Å². The Morgan fingerprint density at radius 3 is 2.40 bits per heavy atom. The van der Waals surface area contributed by atoms with Crippen molar-refractivity contribution in [2.75, 3.05) is 6.61 Å². The number of carbonyl (C=O) groups is 2. The number of ether oxygens (including phenoxy) is 1. The van der Waals surface area contributed by atoms with Gasteiger partial charge >= 0.3 is 5.97 Å². The number of carbonyl (C=O) groups excluding carboxylic acids is 2. The zero-order chi connectivity index (χ0) is 14.8. The van der Waals surface area contributed by atoms with Gasteiger partial charge in [-0.3, -0.25) is 4.79 Å². The average molecular weight is 274 g/mol. The number of ketones is 1. The molecular weight excluding hydrogens is 252 g/mol. The first-order valence-electron chi connectivity index (χ1n) is 7.10. The van der Waals surface area contributed by atoms with E-state index < -0.39 is 5.97 Å². The molecule has 0 bridgehead atoms. The minimum atomic E-state index is -0.530. The van der Waals surface area contributed by atoms with Crippen molar-refractivity contribution in [2.45, 2.75) is 39.5 Å². The van der Waals surface area contributed by atoms with Crippen molar-refractivity contribution in [3.8, 4) is 0 Å². The number of unbranched alkanes of at least 4 members (excludes halogenated alkanes) is 3. The second-order valence-electron chi connectivity index (χ2n) is 4.72. The fourth-order valence-electron chi connectivity index (χ4n) is 1.79. The summed E-state index contributed by atoms with van der Waals surface area (Å²) >= 11 is 0. The van der Waals surface area contributed by atoms with Crippen molar-refractivity contribution < 1.29 is 14.3 Å². The van der Waals surface area contributed by atoms with Crippen LogP contribution in [0.2, 0.25) is 0 Å². The van der Waals surface area contributed by atoms with Crippen LogP contribution in [0.4, 0.5) is 0 Å². The van der Waals surface area contributed by atoms with Gasteiger partial charge in [0.25, 0.3) is 0 Å². The molecule has 20 heavy (non-hydrogen) atoms. The van der Waals surface area contributed by atoms with Crippen LogP contribution in [0.25, 0.3) is 6.08 Å². The third kappa shape index (κ3) is 5.83. The third-order valence-corrected chi connectivity index (χ3v) is 2.94. The highest BCUT2D eigenvalue weighted by Crippen LogP contribution is 2.10. The Morgan fingerprint density at radius 2 is 1.80 bits per heavy atom. The first-order valence-corrected chi connectivity index (χ1v) is 7.10. The summed E-state index contributed by atoms with van der Waals surface area (Å²) in [7, 11) is 0. The van der Waals surface area contributed by atoms with E-state index in [1.807, 2.05) is 30.3 Å². The summed E-state index contributed by atoms with van der Waals surface area (Å²) in [6, 6.07) is 9.30. The molecule has 0 unspecified atom stereocenters. The van der Waals surface area contributed by atoms with Crippen molar-refractivity contribution in [2.24, 2.45) is 0 Å². The molecule has 0 atom stereocenters. The zero-order valence-electron chi connectivity index (χ0n) is 12.2. The number of Topliss-reactive ketones (excluding diaryl/α,β-unsaturated/α-hetero) is 1. The lowest BCUT2D eigenvalue weighted by molar-refractivity contribution is -0.140. The molecule has 0 aliphatic rings. The summed E-state index contributed by atoms with van der Waals surface area (Å²) in [5.41, 5.74) is 0.923. The molecule has 1 rings (SSSR count). The van der Waals surface area contributed by atoms with Crippen LogP contribution in [-0.4, -0.2) is 18.4 Å². The molecule has 0 aliphatic carbocycles. The van der Waals surface area contributed by atoms with E-state index in [0.29, 0.717) is 6.61 Å². The maximum Gasteiger partial charge on any atom is 0.341 e. The molecule has 3 heteroatoms. The van der Waals surface area contributed by atoms with Crippen LogP contribution >= 0.6 is 0 Å². The molecule has 3 nitrogen and oxygen atoms in total. The highest BCUT2D eigenvalue weighted by molar-refractivity contribution is 6.19. The molecule has 0 radical (unpaired) electrons. The smallest absolute Gasteiger partial charge is 0.341 e. The number of rotatable bonds is 8. The van der Waals surface area contributed by atoms with Gasteiger partial charge in [-0.15, -0.1) is 0 Å². The molecule has 0 aromatic heterocycles. The Bertz CT molecular complexity index is 460. The molecule has 0 N–H and O–H groups in total. The highest BCUT2D eigenvalue weighted by Gasteiger charge is 2.15. The fourth-order valence-corrected chi connectivity index (χ4v) is 1.79. The van der Waals surface area contributed by atoms with E-state index in [9.17, 15) is 9.59 Å². The van der Waals surface area contributed by atoms with Crippen molar-refractivity contribution in [1.82, 2.24) is 0 Å². The lowest BCUT2D eigenvalue weighted by atomic mass is 10.1. The molecule has 0 saturated heterocycles. The van der Waals surface area contributed by atoms with Gasteiger partial charge in [0.15, 0.2) is 5.78 Å². The number of esters is 1. The first-order chi connectivity index (χ1) is 9.65. The predicted molar refractivity (Wildman–Crippen MR) is 80.2 cm³/mol. The molecular formula is C17H22O3. The van der Waals surface area contributed by atoms with E-state index in [-0.39, 0.29) is 11.4 Å². The van der Waals surface area contributed by atoms with E-state index in [1.54, 1.807) is 6.08 Å². The van der Waals surface area contributed by atoms with E-state index in [0.717, 1.165) is 31.2 Å². The van der Waals surface area contributed by atoms with Crippen LogP contribution in [-0.2, 0) is 14.3 Å². The summed E-state index contributed by atoms with van der Waals surface area (Å²) in [6.07, 6.45) is 5.74. The van der Waals surface area contributed by atoms with Gasteiger partial charge in [0.1, 0.15) is 5.57 Å². The van der Waals surface area contributed by atoms with E-state index in [1.165, 1.54) is 6.92 Å². The lowest BCUT2D eigenvalue weighted by Crippen LogP contribution is -2.14. The van der Waals surface area contributed by atoms with Crippen molar-refractivity contribution in [1.29, 1.82) is 0 Å². The van der Waals surface area contributed by atoms with Crippen molar-refractivity contribution in [3.05, 3.63) is 41.5 Å². The molecule has 1 aromatic carbocycles. The first kappa shape index (κ1) is 16.2. The summed E-state index contributed by atoms with van der Waals surface area (Å²) in [5, 5.41) is 0. The summed E-state index contributed by atoms with van der Waals surface area (Å²) in [5.74, 6) is -0.801. The Labute approximate surface area is 120 Å². The topological polar surface area (TPSA) is 43.4 Å². The highest BCUT2D eigenvalue weighted by atomic mass is 16.5. The summed E-state index contributed by atoms with van der Waals surface area (Å²) in [6.45, 7) is 3.88. The molecule has 1 aromatic rings. The van der Waals surface area contributed by atoms with Crippen molar-refractivity contribution >= 4 is 17.8 Å². The Hall–Kier alpha value is -1.90. The van der Waals surface area contributed by atoms with E-state index >= 15 is 0 Å². The molecule has 0 heterocycles. The summed E-state index contributed by atoms with van der Waals surface area (Å²) in [4.78, 5) is 23.5. The average Bonchev–Trinajstić information content (AvgIpc) is 2.45. The Kier molecular flexibility index (Phi) is 7.33. The van der Waals surface area contributed by atoms with Gasteiger partial charge in [0.05, 0.1) is 6.61 Å². The van der Waals surface area contributed by atoms with Gasteiger partial charge in [-0.1, -0.05) is 56.5 Å². The Balaban J connectivity index is 2.60. The predicted octanol–water partition coefficient (Wildman–Crippen LogP) is 3.78. The minimum absolute atomic E-state index is 0.103. The SMILES string of the molecule is CCCCCCOC(=O)C(=Cc1ccccc1)C(C)=O. The second kappa shape index (κ2) is 9.08. The maximum absolute atomic E-state index is 11.9. The van der Waals surface area contributed by atoms with E-state index in [4.69, 9.17) is 4.74 Å². The summed E-state index contributed by atoms with van der Waals surface area (Å²) < 4.78 is 5.16. The quantitative estimate of drug-likeness (QED) is 0.238.